The summed E-state index contributed by atoms with van der Waals surface area (Å²) in [6.07, 6.45) is 0. The molecule has 80 valence electrons. The van der Waals surface area contributed by atoms with Crippen LogP contribution in [0.1, 0.15) is 39.2 Å². The van der Waals surface area contributed by atoms with E-state index in [1.807, 2.05) is 32.0 Å². The Labute approximate surface area is 91.8 Å². The van der Waals surface area contributed by atoms with E-state index in [1.54, 1.807) is 0 Å². The minimum Gasteiger partial charge on any atom is -0.223 e. The summed E-state index contributed by atoms with van der Waals surface area (Å²) in [6, 6.07) is 11.1. The van der Waals surface area contributed by atoms with E-state index in [1.165, 1.54) is 5.56 Å². The highest BCUT2D eigenvalue weighted by atomic mass is 14.8. The average molecular weight is 202 g/mol. The molecule has 0 saturated heterocycles. The van der Waals surface area contributed by atoms with Gasteiger partial charge in [0, 0.05) is 0 Å². The molecule has 0 aliphatic carbocycles. The Morgan fingerprint density at radius 1 is 1.07 bits per heavy atom. The second kappa shape index (κ2) is 5.47. The van der Waals surface area contributed by atoms with E-state index in [2.05, 4.69) is 35.9 Å². The summed E-state index contributed by atoms with van der Waals surface area (Å²) in [5.41, 5.74) is 2.21. The third-order valence-electron chi connectivity index (χ3n) is 2.05. The largest absolute Gasteiger partial charge is 0.223 e. The van der Waals surface area contributed by atoms with E-state index in [4.69, 9.17) is 0 Å². The van der Waals surface area contributed by atoms with Gasteiger partial charge in [0.1, 0.15) is 0 Å². The van der Waals surface area contributed by atoms with Crippen LogP contribution in [0, 0.1) is 0 Å². The van der Waals surface area contributed by atoms with E-state index in [0.29, 0.717) is 5.92 Å². The van der Waals surface area contributed by atoms with Crippen LogP contribution in [-0.2, 0) is 0 Å². The fourth-order valence-electron chi connectivity index (χ4n) is 1.28. The number of nitrogens with zero attached hydrogens (tertiary/aromatic N) is 2. The van der Waals surface area contributed by atoms with E-state index >= 15 is 0 Å². The molecule has 0 fully saturated rings. The normalized spacial score (nSPS) is 10.3. The second-order valence-electron chi connectivity index (χ2n) is 4.15. The highest BCUT2D eigenvalue weighted by Gasteiger charge is 2.03. The van der Waals surface area contributed by atoms with E-state index in [-0.39, 0.29) is 6.04 Å². The van der Waals surface area contributed by atoms with Gasteiger partial charge in [-0.05, 0) is 31.4 Å². The van der Waals surface area contributed by atoms with Gasteiger partial charge in [-0.15, -0.1) is 0 Å². The first-order chi connectivity index (χ1) is 7.11. The zero-order chi connectivity index (χ0) is 11.3. The van der Waals surface area contributed by atoms with Crippen molar-refractivity contribution in [1.82, 2.24) is 0 Å². The molecule has 1 aromatic carbocycles. The molecule has 2 heteroatoms. The molecule has 0 saturated carbocycles. The van der Waals surface area contributed by atoms with Crippen molar-refractivity contribution < 1.29 is 0 Å². The van der Waals surface area contributed by atoms with Gasteiger partial charge in [-0.1, -0.05) is 32.0 Å². The number of para-hydroxylation sites is 1. The summed E-state index contributed by atoms with van der Waals surface area (Å²) < 4.78 is 0. The lowest BCUT2D eigenvalue weighted by molar-refractivity contribution is 0.841. The highest BCUT2D eigenvalue weighted by molar-refractivity contribution is 5.56. The monoisotopic (exact) mass is 202 g/mol. The molecule has 2 nitrogen and oxygen atoms in total. The SMILES string of the molecule is CC(C)N=C=Nc1ccccc1C(C)C. The molecular formula is C13H18N2. The highest BCUT2D eigenvalue weighted by Crippen LogP contribution is 2.25. The van der Waals surface area contributed by atoms with Crippen molar-refractivity contribution >= 4 is 11.7 Å². The van der Waals surface area contributed by atoms with Crippen LogP contribution >= 0.6 is 0 Å². The topological polar surface area (TPSA) is 24.7 Å². The number of hydrogen-bond donors (Lipinski definition) is 0. The van der Waals surface area contributed by atoms with Crippen LogP contribution in [0.25, 0.3) is 0 Å². The summed E-state index contributed by atoms with van der Waals surface area (Å²) in [4.78, 5) is 8.35. The van der Waals surface area contributed by atoms with Crippen LogP contribution < -0.4 is 0 Å². The second-order valence-corrected chi connectivity index (χ2v) is 4.15. The maximum absolute atomic E-state index is 4.25. The first kappa shape index (κ1) is 11.7. The van der Waals surface area contributed by atoms with E-state index in [0.717, 1.165) is 5.69 Å². The minimum absolute atomic E-state index is 0.250. The molecule has 1 rings (SSSR count). The molecular weight excluding hydrogens is 184 g/mol. The fraction of sp³-hybridized carbons (Fsp3) is 0.462. The zero-order valence-electron chi connectivity index (χ0n) is 9.86. The molecule has 0 N–H and O–H groups in total. The quantitative estimate of drug-likeness (QED) is 0.661. The molecule has 0 heterocycles. The van der Waals surface area contributed by atoms with Gasteiger partial charge in [0.25, 0.3) is 0 Å². The maximum atomic E-state index is 4.25. The van der Waals surface area contributed by atoms with Gasteiger partial charge in [0.15, 0.2) is 0 Å². The van der Waals surface area contributed by atoms with Crippen molar-refractivity contribution in [2.75, 3.05) is 0 Å². The van der Waals surface area contributed by atoms with Crippen LogP contribution in [0.2, 0.25) is 0 Å². The third kappa shape index (κ3) is 3.69. The number of benzene rings is 1. The van der Waals surface area contributed by atoms with Crippen molar-refractivity contribution in [3.63, 3.8) is 0 Å². The Balaban J connectivity index is 2.99. The molecule has 0 radical (unpaired) electrons. The van der Waals surface area contributed by atoms with Gasteiger partial charge in [-0.25, -0.2) is 4.99 Å². The predicted molar refractivity (Wildman–Crippen MR) is 65.2 cm³/mol. The molecule has 0 aliphatic rings. The smallest absolute Gasteiger partial charge is 0.0951 e. The Morgan fingerprint density at radius 2 is 1.73 bits per heavy atom. The number of rotatable bonds is 3. The summed E-state index contributed by atoms with van der Waals surface area (Å²) in [6.45, 7) is 8.34. The molecule has 0 spiro atoms. The van der Waals surface area contributed by atoms with Crippen LogP contribution in [0.15, 0.2) is 34.3 Å². The van der Waals surface area contributed by atoms with Crippen LogP contribution in [0.4, 0.5) is 5.69 Å². The summed E-state index contributed by atoms with van der Waals surface area (Å²) in [5, 5.41) is 0. The van der Waals surface area contributed by atoms with Crippen molar-refractivity contribution in [2.45, 2.75) is 39.7 Å². The molecule has 0 atom stereocenters. The predicted octanol–water partition coefficient (Wildman–Crippen LogP) is 4.02. The first-order valence-corrected chi connectivity index (χ1v) is 5.35. The maximum Gasteiger partial charge on any atom is 0.0951 e. The lowest BCUT2D eigenvalue weighted by atomic mass is 10.0. The lowest BCUT2D eigenvalue weighted by Crippen LogP contribution is -1.87. The summed E-state index contributed by atoms with van der Waals surface area (Å²) in [5.74, 6) is 0.478. The number of hydrogen-bond acceptors (Lipinski definition) is 2. The molecule has 0 aliphatic heterocycles. The zero-order valence-corrected chi connectivity index (χ0v) is 9.86. The van der Waals surface area contributed by atoms with Gasteiger partial charge < -0.3 is 0 Å². The van der Waals surface area contributed by atoms with Gasteiger partial charge in [0.2, 0.25) is 0 Å². The Hall–Kier alpha value is -1.40. The third-order valence-corrected chi connectivity index (χ3v) is 2.05. The molecule has 15 heavy (non-hydrogen) atoms. The molecule has 0 amide bonds. The standard InChI is InChI=1S/C13H18N2/c1-10(2)12-7-5-6-8-13(12)15-9-14-11(3)4/h5-8,10-11H,1-4H3. The van der Waals surface area contributed by atoms with Crippen LogP contribution in [0.3, 0.4) is 0 Å². The van der Waals surface area contributed by atoms with Crippen molar-refractivity contribution in [3.05, 3.63) is 29.8 Å². The fourth-order valence-corrected chi connectivity index (χ4v) is 1.28. The van der Waals surface area contributed by atoms with Gasteiger partial charge in [-0.2, -0.15) is 4.99 Å². The number of aliphatic imine (C=N–C) groups is 2. The van der Waals surface area contributed by atoms with Crippen LogP contribution in [-0.4, -0.2) is 12.1 Å². The van der Waals surface area contributed by atoms with E-state index < -0.39 is 0 Å². The van der Waals surface area contributed by atoms with E-state index in [9.17, 15) is 0 Å². The van der Waals surface area contributed by atoms with Gasteiger partial charge in [-0.3, -0.25) is 0 Å². The minimum atomic E-state index is 0.250. The first-order valence-electron chi connectivity index (χ1n) is 5.35. The Bertz CT molecular complexity index is 372. The Morgan fingerprint density at radius 3 is 2.33 bits per heavy atom. The molecule has 0 unspecified atom stereocenters. The average Bonchev–Trinajstić information content (AvgIpc) is 2.17. The van der Waals surface area contributed by atoms with Gasteiger partial charge in [0.05, 0.1) is 17.7 Å². The van der Waals surface area contributed by atoms with Crippen molar-refractivity contribution in [3.8, 4) is 0 Å². The van der Waals surface area contributed by atoms with Gasteiger partial charge >= 0.3 is 0 Å². The van der Waals surface area contributed by atoms with Crippen molar-refractivity contribution in [2.24, 2.45) is 9.98 Å². The summed E-state index contributed by atoms with van der Waals surface area (Å²) in [7, 11) is 0. The van der Waals surface area contributed by atoms with Crippen molar-refractivity contribution in [1.29, 1.82) is 0 Å². The molecule has 1 aromatic rings. The molecule has 0 aromatic heterocycles. The molecule has 0 bridgehead atoms. The van der Waals surface area contributed by atoms with Crippen LogP contribution in [0.5, 0.6) is 0 Å². The Kier molecular flexibility index (Phi) is 4.26. The lowest BCUT2D eigenvalue weighted by Gasteiger charge is -2.06. The summed E-state index contributed by atoms with van der Waals surface area (Å²) >= 11 is 0.